The second kappa shape index (κ2) is 7.82. The summed E-state index contributed by atoms with van der Waals surface area (Å²) in [5.74, 6) is 0.454. The number of ether oxygens (including phenoxy) is 1. The van der Waals surface area contributed by atoms with Crippen LogP contribution in [0, 0.1) is 24.0 Å². The van der Waals surface area contributed by atoms with Gasteiger partial charge in [0.2, 0.25) is 5.82 Å². The van der Waals surface area contributed by atoms with Gasteiger partial charge in [-0.3, -0.25) is 10.1 Å². The van der Waals surface area contributed by atoms with Crippen LogP contribution in [0.15, 0.2) is 48.8 Å². The largest absolute Gasteiger partial charge is 0.434 e. The average Bonchev–Trinajstić information content (AvgIpc) is 2.65. The lowest BCUT2D eigenvalue weighted by Crippen LogP contribution is -2.03. The maximum Gasteiger partial charge on any atom is 0.373 e. The molecule has 0 aliphatic rings. The molecule has 3 aromatic rings. The monoisotopic (exact) mass is 364 g/mol. The lowest BCUT2D eigenvalue weighted by atomic mass is 10.1. The molecule has 1 N–H and O–H groups in total. The van der Waals surface area contributed by atoms with Gasteiger partial charge in [-0.1, -0.05) is 25.1 Å². The molecule has 0 spiro atoms. The third-order valence-electron chi connectivity index (χ3n) is 4.29. The van der Waals surface area contributed by atoms with Crippen LogP contribution in [0.5, 0.6) is 11.6 Å². The lowest BCUT2D eigenvalue weighted by molar-refractivity contribution is -0.385. The fraction of sp³-hybridized carbons (Fsp3) is 0.200. The number of nitrogens with zero attached hydrogens (tertiary/aromatic N) is 3. The Morgan fingerprint density at radius 1 is 1.07 bits per heavy atom. The van der Waals surface area contributed by atoms with E-state index >= 15 is 0 Å². The van der Waals surface area contributed by atoms with Crippen molar-refractivity contribution in [1.29, 1.82) is 0 Å². The fourth-order valence-corrected chi connectivity index (χ4v) is 2.55. The molecule has 1 aromatic heterocycles. The highest BCUT2D eigenvalue weighted by molar-refractivity contribution is 5.69. The van der Waals surface area contributed by atoms with E-state index in [9.17, 15) is 10.1 Å². The predicted octanol–water partition coefficient (Wildman–Crippen LogP) is 5.10. The van der Waals surface area contributed by atoms with Crippen molar-refractivity contribution >= 4 is 17.2 Å². The predicted molar refractivity (Wildman–Crippen MR) is 104 cm³/mol. The first-order valence-electron chi connectivity index (χ1n) is 8.58. The molecular weight excluding hydrogens is 344 g/mol. The van der Waals surface area contributed by atoms with Gasteiger partial charge < -0.3 is 10.1 Å². The molecule has 0 radical (unpaired) electrons. The molecule has 0 aliphatic heterocycles. The van der Waals surface area contributed by atoms with E-state index in [0.717, 1.165) is 23.1 Å². The lowest BCUT2D eigenvalue weighted by Gasteiger charge is -2.10. The number of rotatable bonds is 6. The number of benzene rings is 2. The van der Waals surface area contributed by atoms with E-state index in [2.05, 4.69) is 22.2 Å². The number of nitrogens with one attached hydrogen (secondary N) is 1. The SMILES string of the molecule is CCc1ccc(Oc2ncnc(Nc3ccc(C)c(C)c3)c2[N+](=O)[O-])cc1. The summed E-state index contributed by atoms with van der Waals surface area (Å²) >= 11 is 0. The summed E-state index contributed by atoms with van der Waals surface area (Å²) in [6.07, 6.45) is 2.14. The molecule has 0 aliphatic carbocycles. The molecule has 0 saturated carbocycles. The second-order valence-electron chi connectivity index (χ2n) is 6.16. The first kappa shape index (κ1) is 18.3. The molecule has 0 bridgehead atoms. The summed E-state index contributed by atoms with van der Waals surface area (Å²) < 4.78 is 5.66. The molecule has 7 heteroatoms. The number of aromatic nitrogens is 2. The van der Waals surface area contributed by atoms with Crippen molar-refractivity contribution in [2.75, 3.05) is 5.32 Å². The van der Waals surface area contributed by atoms with Gasteiger partial charge in [-0.05, 0) is 61.2 Å². The Hall–Kier alpha value is -3.48. The maximum absolute atomic E-state index is 11.7. The molecule has 0 amide bonds. The molecule has 1 heterocycles. The van der Waals surface area contributed by atoms with E-state index in [4.69, 9.17) is 4.74 Å². The highest BCUT2D eigenvalue weighted by Crippen LogP contribution is 2.35. The Kier molecular flexibility index (Phi) is 5.30. The van der Waals surface area contributed by atoms with E-state index in [1.807, 2.05) is 44.2 Å². The average molecular weight is 364 g/mol. The van der Waals surface area contributed by atoms with Gasteiger partial charge in [-0.15, -0.1) is 0 Å². The number of aryl methyl sites for hydroxylation is 3. The van der Waals surface area contributed by atoms with Gasteiger partial charge in [-0.25, -0.2) is 4.98 Å². The molecule has 0 unspecified atom stereocenters. The Labute approximate surface area is 157 Å². The zero-order valence-electron chi connectivity index (χ0n) is 15.4. The normalized spacial score (nSPS) is 10.5. The summed E-state index contributed by atoms with van der Waals surface area (Å²) in [5, 5.41) is 14.6. The van der Waals surface area contributed by atoms with Gasteiger partial charge in [-0.2, -0.15) is 4.98 Å². The van der Waals surface area contributed by atoms with Gasteiger partial charge in [0.15, 0.2) is 0 Å². The van der Waals surface area contributed by atoms with E-state index in [1.165, 1.54) is 6.33 Å². The zero-order chi connectivity index (χ0) is 19.4. The van der Waals surface area contributed by atoms with Crippen LogP contribution >= 0.6 is 0 Å². The van der Waals surface area contributed by atoms with Crippen molar-refractivity contribution in [2.45, 2.75) is 27.2 Å². The van der Waals surface area contributed by atoms with E-state index in [-0.39, 0.29) is 17.4 Å². The first-order valence-corrected chi connectivity index (χ1v) is 8.58. The third kappa shape index (κ3) is 4.20. The highest BCUT2D eigenvalue weighted by atomic mass is 16.6. The first-order chi connectivity index (χ1) is 13.0. The number of hydrogen-bond acceptors (Lipinski definition) is 6. The standard InChI is InChI=1S/C20H20N4O3/c1-4-15-6-9-17(10-7-15)27-20-18(24(25)26)19(21-12-22-20)23-16-8-5-13(2)14(3)11-16/h5-12H,4H2,1-3H3,(H,21,22,23). The van der Waals surface area contributed by atoms with Gasteiger partial charge in [0.1, 0.15) is 12.1 Å². The van der Waals surface area contributed by atoms with Gasteiger partial charge in [0.25, 0.3) is 0 Å². The van der Waals surface area contributed by atoms with Crippen molar-refractivity contribution in [3.05, 3.63) is 75.6 Å². The topological polar surface area (TPSA) is 90.2 Å². The summed E-state index contributed by atoms with van der Waals surface area (Å²) in [7, 11) is 0. The van der Waals surface area contributed by atoms with Crippen molar-refractivity contribution in [3.63, 3.8) is 0 Å². The smallest absolute Gasteiger partial charge is 0.373 e. The summed E-state index contributed by atoms with van der Waals surface area (Å²) in [6, 6.07) is 13.1. The molecule has 0 atom stereocenters. The number of nitro groups is 1. The molecule has 2 aromatic carbocycles. The van der Waals surface area contributed by atoms with Gasteiger partial charge in [0.05, 0.1) is 4.92 Å². The molecule has 7 nitrogen and oxygen atoms in total. The van der Waals surface area contributed by atoms with Crippen LogP contribution in [-0.4, -0.2) is 14.9 Å². The van der Waals surface area contributed by atoms with Crippen LogP contribution in [0.1, 0.15) is 23.6 Å². The number of anilines is 2. The van der Waals surface area contributed by atoms with Gasteiger partial charge >= 0.3 is 11.6 Å². The Morgan fingerprint density at radius 3 is 2.44 bits per heavy atom. The van der Waals surface area contributed by atoms with Crippen LogP contribution in [0.2, 0.25) is 0 Å². The van der Waals surface area contributed by atoms with Crippen LogP contribution in [0.25, 0.3) is 0 Å². The zero-order valence-corrected chi connectivity index (χ0v) is 15.4. The minimum Gasteiger partial charge on any atom is -0.434 e. The molecule has 3 rings (SSSR count). The molecule has 138 valence electrons. The highest BCUT2D eigenvalue weighted by Gasteiger charge is 2.25. The maximum atomic E-state index is 11.7. The van der Waals surface area contributed by atoms with Crippen molar-refractivity contribution in [2.24, 2.45) is 0 Å². The van der Waals surface area contributed by atoms with Crippen molar-refractivity contribution < 1.29 is 9.66 Å². The van der Waals surface area contributed by atoms with E-state index < -0.39 is 4.92 Å². The van der Waals surface area contributed by atoms with Crippen LogP contribution < -0.4 is 10.1 Å². The van der Waals surface area contributed by atoms with Crippen molar-refractivity contribution in [3.8, 4) is 11.6 Å². The number of hydrogen-bond donors (Lipinski definition) is 1. The van der Waals surface area contributed by atoms with Gasteiger partial charge in [0, 0.05) is 5.69 Å². The van der Waals surface area contributed by atoms with Crippen molar-refractivity contribution in [1.82, 2.24) is 9.97 Å². The van der Waals surface area contributed by atoms with Crippen LogP contribution in [0.3, 0.4) is 0 Å². The Morgan fingerprint density at radius 2 is 1.81 bits per heavy atom. The Balaban J connectivity index is 1.94. The summed E-state index contributed by atoms with van der Waals surface area (Å²) in [4.78, 5) is 19.1. The fourth-order valence-electron chi connectivity index (χ4n) is 2.55. The third-order valence-corrected chi connectivity index (χ3v) is 4.29. The van der Waals surface area contributed by atoms with E-state index in [0.29, 0.717) is 11.4 Å². The van der Waals surface area contributed by atoms with Crippen LogP contribution in [-0.2, 0) is 6.42 Å². The minimum absolute atomic E-state index is 0.0819. The van der Waals surface area contributed by atoms with Crippen LogP contribution in [0.4, 0.5) is 17.2 Å². The Bertz CT molecular complexity index is 971. The molecular formula is C20H20N4O3. The molecule has 0 fully saturated rings. The molecule has 0 saturated heterocycles. The van der Waals surface area contributed by atoms with E-state index in [1.54, 1.807) is 12.1 Å². The molecule has 27 heavy (non-hydrogen) atoms. The minimum atomic E-state index is -0.543. The quantitative estimate of drug-likeness (QED) is 0.483. The summed E-state index contributed by atoms with van der Waals surface area (Å²) in [5.41, 5.74) is 3.76. The summed E-state index contributed by atoms with van der Waals surface area (Å²) in [6.45, 7) is 6.03. The second-order valence-corrected chi connectivity index (χ2v) is 6.16.